The van der Waals surface area contributed by atoms with Gasteiger partial charge in [-0.25, -0.2) is 4.98 Å². The van der Waals surface area contributed by atoms with Crippen LogP contribution in [0.2, 0.25) is 5.15 Å². The van der Waals surface area contributed by atoms with Gasteiger partial charge in [-0.2, -0.15) is 0 Å². The SMILES string of the molecule is O=[N+]([O-])c1ccc(Cl)nc1-c1ccc(Br)cc1. The summed E-state index contributed by atoms with van der Waals surface area (Å²) in [4.78, 5) is 14.4. The molecule has 0 fully saturated rings. The average Bonchev–Trinajstić information content (AvgIpc) is 2.29. The summed E-state index contributed by atoms with van der Waals surface area (Å²) in [6.07, 6.45) is 0. The highest BCUT2D eigenvalue weighted by molar-refractivity contribution is 9.10. The van der Waals surface area contributed by atoms with Gasteiger partial charge in [0.15, 0.2) is 0 Å². The molecule has 17 heavy (non-hydrogen) atoms. The first-order valence-electron chi connectivity index (χ1n) is 4.65. The molecule has 0 aliphatic carbocycles. The molecule has 0 N–H and O–H groups in total. The van der Waals surface area contributed by atoms with Crippen LogP contribution >= 0.6 is 27.5 Å². The molecule has 1 heterocycles. The molecule has 0 aliphatic rings. The van der Waals surface area contributed by atoms with Crippen molar-refractivity contribution >= 4 is 33.2 Å². The summed E-state index contributed by atoms with van der Waals surface area (Å²) >= 11 is 9.06. The van der Waals surface area contributed by atoms with E-state index in [0.29, 0.717) is 5.56 Å². The Kier molecular flexibility index (Phi) is 3.40. The molecule has 0 radical (unpaired) electrons. The first-order chi connectivity index (χ1) is 8.08. The minimum absolute atomic E-state index is 0.0586. The summed E-state index contributed by atoms with van der Waals surface area (Å²) in [6, 6.07) is 9.84. The average molecular weight is 314 g/mol. The first kappa shape index (κ1) is 12.0. The van der Waals surface area contributed by atoms with E-state index in [1.807, 2.05) is 0 Å². The van der Waals surface area contributed by atoms with Crippen molar-refractivity contribution in [2.75, 3.05) is 0 Å². The molecular weight excluding hydrogens is 307 g/mol. The molecule has 0 atom stereocenters. The van der Waals surface area contributed by atoms with Crippen LogP contribution in [-0.4, -0.2) is 9.91 Å². The smallest absolute Gasteiger partial charge is 0.258 e. The predicted molar refractivity (Wildman–Crippen MR) is 69.0 cm³/mol. The molecule has 6 heteroatoms. The summed E-state index contributed by atoms with van der Waals surface area (Å²) in [5, 5.41) is 11.1. The maximum Gasteiger partial charge on any atom is 0.295 e. The minimum Gasteiger partial charge on any atom is -0.258 e. The van der Waals surface area contributed by atoms with Gasteiger partial charge in [0.1, 0.15) is 10.8 Å². The number of halogens is 2. The van der Waals surface area contributed by atoms with Gasteiger partial charge in [0.05, 0.1) is 4.92 Å². The van der Waals surface area contributed by atoms with Gasteiger partial charge in [-0.15, -0.1) is 0 Å². The van der Waals surface area contributed by atoms with Crippen molar-refractivity contribution < 1.29 is 4.92 Å². The van der Waals surface area contributed by atoms with E-state index < -0.39 is 4.92 Å². The van der Waals surface area contributed by atoms with Crippen molar-refractivity contribution in [2.45, 2.75) is 0 Å². The van der Waals surface area contributed by atoms with E-state index in [9.17, 15) is 10.1 Å². The molecule has 86 valence electrons. The Bertz CT molecular complexity index is 572. The summed E-state index contributed by atoms with van der Waals surface area (Å²) < 4.78 is 0.894. The second kappa shape index (κ2) is 4.81. The van der Waals surface area contributed by atoms with Crippen molar-refractivity contribution in [1.29, 1.82) is 0 Å². The molecule has 2 rings (SSSR count). The van der Waals surface area contributed by atoms with Crippen LogP contribution in [0.3, 0.4) is 0 Å². The Morgan fingerprint density at radius 2 is 1.82 bits per heavy atom. The van der Waals surface area contributed by atoms with Crippen molar-refractivity contribution in [2.24, 2.45) is 0 Å². The lowest BCUT2D eigenvalue weighted by Crippen LogP contribution is -1.94. The van der Waals surface area contributed by atoms with Crippen LogP contribution in [0.25, 0.3) is 11.3 Å². The van der Waals surface area contributed by atoms with Crippen LogP contribution in [0.4, 0.5) is 5.69 Å². The second-order valence-corrected chi connectivity index (χ2v) is 4.57. The van der Waals surface area contributed by atoms with Gasteiger partial charge in [-0.05, 0) is 18.2 Å². The van der Waals surface area contributed by atoms with E-state index in [1.165, 1.54) is 12.1 Å². The number of nitro groups is 1. The highest BCUT2D eigenvalue weighted by Gasteiger charge is 2.17. The number of pyridine rings is 1. The lowest BCUT2D eigenvalue weighted by atomic mass is 10.1. The largest absolute Gasteiger partial charge is 0.295 e. The highest BCUT2D eigenvalue weighted by Crippen LogP contribution is 2.29. The lowest BCUT2D eigenvalue weighted by Gasteiger charge is -2.02. The Labute approximate surface area is 111 Å². The number of rotatable bonds is 2. The van der Waals surface area contributed by atoms with E-state index in [0.717, 1.165) is 4.47 Å². The quantitative estimate of drug-likeness (QED) is 0.477. The monoisotopic (exact) mass is 312 g/mol. The Balaban J connectivity index is 2.60. The van der Waals surface area contributed by atoms with Crippen molar-refractivity contribution in [1.82, 2.24) is 4.98 Å². The number of aromatic nitrogens is 1. The molecule has 1 aromatic carbocycles. The summed E-state index contributed by atoms with van der Waals surface area (Å²) in [7, 11) is 0. The normalized spacial score (nSPS) is 10.2. The zero-order chi connectivity index (χ0) is 12.4. The maximum absolute atomic E-state index is 10.9. The van der Waals surface area contributed by atoms with Crippen LogP contribution in [0.15, 0.2) is 40.9 Å². The number of benzene rings is 1. The van der Waals surface area contributed by atoms with Gasteiger partial charge in [-0.3, -0.25) is 10.1 Å². The molecule has 0 aliphatic heterocycles. The zero-order valence-corrected chi connectivity index (χ0v) is 10.8. The van der Waals surface area contributed by atoms with Crippen LogP contribution in [0.1, 0.15) is 0 Å². The Morgan fingerprint density at radius 1 is 1.18 bits per heavy atom. The third-order valence-corrected chi connectivity index (χ3v) is 2.89. The van der Waals surface area contributed by atoms with Crippen molar-refractivity contribution in [3.8, 4) is 11.3 Å². The van der Waals surface area contributed by atoms with Gasteiger partial charge in [0, 0.05) is 16.1 Å². The molecule has 0 saturated heterocycles. The minimum atomic E-state index is -0.472. The van der Waals surface area contributed by atoms with Gasteiger partial charge >= 0.3 is 0 Å². The summed E-state index contributed by atoms with van der Waals surface area (Å²) in [6.45, 7) is 0. The third kappa shape index (κ3) is 2.62. The fourth-order valence-electron chi connectivity index (χ4n) is 1.40. The van der Waals surface area contributed by atoms with E-state index >= 15 is 0 Å². The van der Waals surface area contributed by atoms with Gasteiger partial charge in [0.2, 0.25) is 0 Å². The highest BCUT2D eigenvalue weighted by atomic mass is 79.9. The summed E-state index contributed by atoms with van der Waals surface area (Å²) in [5.74, 6) is 0. The van der Waals surface area contributed by atoms with Crippen molar-refractivity contribution in [3.05, 3.63) is 56.1 Å². The van der Waals surface area contributed by atoms with Crippen LogP contribution < -0.4 is 0 Å². The maximum atomic E-state index is 10.9. The fourth-order valence-corrected chi connectivity index (χ4v) is 1.81. The van der Waals surface area contributed by atoms with Crippen LogP contribution in [0, 0.1) is 10.1 Å². The van der Waals surface area contributed by atoms with Gasteiger partial charge in [-0.1, -0.05) is 39.7 Å². The van der Waals surface area contributed by atoms with Gasteiger partial charge < -0.3 is 0 Å². The molecule has 2 aromatic rings. The fraction of sp³-hybridized carbons (Fsp3) is 0. The molecule has 1 aromatic heterocycles. The lowest BCUT2D eigenvalue weighted by molar-refractivity contribution is -0.384. The molecular formula is C11H6BrClN2O2. The molecule has 0 saturated carbocycles. The number of hydrogen-bond acceptors (Lipinski definition) is 3. The third-order valence-electron chi connectivity index (χ3n) is 2.15. The van der Waals surface area contributed by atoms with E-state index in [1.54, 1.807) is 24.3 Å². The standard InChI is InChI=1S/C11H6BrClN2O2/c12-8-3-1-7(2-4-8)11-9(15(16)17)5-6-10(13)14-11/h1-6H. The molecule has 0 amide bonds. The van der Waals surface area contributed by atoms with Crippen LogP contribution in [0.5, 0.6) is 0 Å². The van der Waals surface area contributed by atoms with E-state index in [-0.39, 0.29) is 16.5 Å². The molecule has 4 nitrogen and oxygen atoms in total. The Hall–Kier alpha value is -1.46. The van der Waals surface area contributed by atoms with Gasteiger partial charge in [0.25, 0.3) is 5.69 Å². The molecule has 0 bridgehead atoms. The topological polar surface area (TPSA) is 56.0 Å². The molecule has 0 spiro atoms. The molecule has 0 unspecified atom stereocenters. The zero-order valence-electron chi connectivity index (χ0n) is 8.43. The van der Waals surface area contributed by atoms with E-state index in [2.05, 4.69) is 20.9 Å². The Morgan fingerprint density at radius 3 is 2.41 bits per heavy atom. The second-order valence-electron chi connectivity index (χ2n) is 3.27. The summed E-state index contributed by atoms with van der Waals surface area (Å²) in [5.41, 5.74) is 0.870. The predicted octanol–water partition coefficient (Wildman–Crippen LogP) is 4.07. The number of nitrogens with zero attached hydrogens (tertiary/aromatic N) is 2. The van der Waals surface area contributed by atoms with E-state index in [4.69, 9.17) is 11.6 Å². The first-order valence-corrected chi connectivity index (χ1v) is 5.82. The number of hydrogen-bond donors (Lipinski definition) is 0. The van der Waals surface area contributed by atoms with Crippen molar-refractivity contribution in [3.63, 3.8) is 0 Å². The van der Waals surface area contributed by atoms with Crippen LogP contribution in [-0.2, 0) is 0 Å².